The Balaban J connectivity index is 2.12. The number of likely N-dealkylation sites (tertiary alicyclic amines) is 1. The van der Waals surface area contributed by atoms with E-state index in [1.807, 2.05) is 0 Å². The Hall–Kier alpha value is -0.770. The summed E-state index contributed by atoms with van der Waals surface area (Å²) in [5.74, 6) is -0.0197. The van der Waals surface area contributed by atoms with E-state index in [-0.39, 0.29) is 25.0 Å². The molecule has 19 heavy (non-hydrogen) atoms. The van der Waals surface area contributed by atoms with Crippen molar-refractivity contribution in [1.29, 1.82) is 0 Å². The molecule has 1 atom stereocenters. The number of carbonyl (C=O) groups excluding carboxylic acids is 1. The van der Waals surface area contributed by atoms with E-state index in [1.54, 1.807) is 23.1 Å². The highest BCUT2D eigenvalue weighted by atomic mass is 35.5. The molecule has 104 valence electrons. The Kier molecular flexibility index (Phi) is 5.08. The molecule has 0 aliphatic carbocycles. The molecular formula is C14H17Cl2NO2. The molecule has 1 saturated heterocycles. The van der Waals surface area contributed by atoms with Gasteiger partial charge in [-0.05, 0) is 37.0 Å². The largest absolute Gasteiger partial charge is 0.394 e. The molecule has 1 fully saturated rings. The van der Waals surface area contributed by atoms with Crippen LogP contribution in [0.5, 0.6) is 0 Å². The summed E-state index contributed by atoms with van der Waals surface area (Å²) in [6.45, 7) is 0.716. The van der Waals surface area contributed by atoms with E-state index < -0.39 is 0 Å². The van der Waals surface area contributed by atoms with Crippen LogP contribution >= 0.6 is 23.2 Å². The normalized spacial score (nSPS) is 19.5. The van der Waals surface area contributed by atoms with Crippen LogP contribution in [-0.2, 0) is 11.2 Å². The van der Waals surface area contributed by atoms with Crippen molar-refractivity contribution in [3.8, 4) is 0 Å². The van der Waals surface area contributed by atoms with Crippen LogP contribution in [0.2, 0.25) is 10.0 Å². The van der Waals surface area contributed by atoms with Crippen LogP contribution < -0.4 is 0 Å². The zero-order chi connectivity index (χ0) is 13.8. The topological polar surface area (TPSA) is 40.5 Å². The second-order valence-electron chi connectivity index (χ2n) is 4.80. The molecule has 5 heteroatoms. The number of aliphatic hydroxyl groups excluding tert-OH is 1. The van der Waals surface area contributed by atoms with E-state index in [0.717, 1.165) is 19.3 Å². The number of carbonyl (C=O) groups is 1. The summed E-state index contributed by atoms with van der Waals surface area (Å²) in [5, 5.41) is 10.4. The Morgan fingerprint density at radius 2 is 2.00 bits per heavy atom. The van der Waals surface area contributed by atoms with Gasteiger partial charge >= 0.3 is 0 Å². The second-order valence-corrected chi connectivity index (χ2v) is 5.61. The molecule has 0 bridgehead atoms. The average molecular weight is 302 g/mol. The number of nitrogens with zero attached hydrogens (tertiary/aromatic N) is 1. The second kappa shape index (κ2) is 6.60. The van der Waals surface area contributed by atoms with Crippen LogP contribution in [0.25, 0.3) is 0 Å². The number of amides is 1. The van der Waals surface area contributed by atoms with Gasteiger partial charge in [0.15, 0.2) is 0 Å². The number of rotatable bonds is 3. The molecule has 1 N–H and O–H groups in total. The number of piperidine rings is 1. The fourth-order valence-electron chi connectivity index (χ4n) is 2.47. The average Bonchev–Trinajstić information content (AvgIpc) is 2.42. The minimum Gasteiger partial charge on any atom is -0.394 e. The van der Waals surface area contributed by atoms with Crippen molar-refractivity contribution in [2.75, 3.05) is 13.2 Å². The third-order valence-electron chi connectivity index (χ3n) is 3.55. The van der Waals surface area contributed by atoms with E-state index in [2.05, 4.69) is 0 Å². The Labute approximate surface area is 123 Å². The summed E-state index contributed by atoms with van der Waals surface area (Å²) in [7, 11) is 0. The molecule has 1 heterocycles. The summed E-state index contributed by atoms with van der Waals surface area (Å²) < 4.78 is 0. The van der Waals surface area contributed by atoms with E-state index in [1.165, 1.54) is 0 Å². The lowest BCUT2D eigenvalue weighted by atomic mass is 10.0. The third kappa shape index (κ3) is 3.41. The standard InChI is InChI=1S/C14H17Cl2NO2/c15-12-5-3-6-13(16)11(12)8-14(19)17-7-2-1-4-10(17)9-18/h3,5-6,10,18H,1-2,4,7-9H2. The molecule has 1 aliphatic heterocycles. The van der Waals surface area contributed by atoms with Gasteiger partial charge in [-0.15, -0.1) is 0 Å². The Bertz CT molecular complexity index is 445. The van der Waals surface area contributed by atoms with Crippen LogP contribution in [-0.4, -0.2) is 35.1 Å². The molecule has 0 aromatic heterocycles. The maximum Gasteiger partial charge on any atom is 0.227 e. The van der Waals surface area contributed by atoms with Gasteiger partial charge < -0.3 is 10.0 Å². The van der Waals surface area contributed by atoms with Crippen molar-refractivity contribution >= 4 is 29.1 Å². The summed E-state index contributed by atoms with van der Waals surface area (Å²) >= 11 is 12.2. The molecule has 1 aromatic rings. The molecule has 0 spiro atoms. The minimum atomic E-state index is -0.0671. The molecule has 2 rings (SSSR count). The zero-order valence-corrected chi connectivity index (χ0v) is 12.1. The van der Waals surface area contributed by atoms with Crippen molar-refractivity contribution in [2.24, 2.45) is 0 Å². The lowest BCUT2D eigenvalue weighted by molar-refractivity contribution is -0.135. The highest BCUT2D eigenvalue weighted by Crippen LogP contribution is 2.26. The Morgan fingerprint density at radius 3 is 2.63 bits per heavy atom. The SMILES string of the molecule is O=C(Cc1c(Cl)cccc1Cl)N1CCCCC1CO. The molecular weight excluding hydrogens is 285 g/mol. The first kappa shape index (κ1) is 14.6. The number of hydrogen-bond acceptors (Lipinski definition) is 2. The zero-order valence-electron chi connectivity index (χ0n) is 10.6. The lowest BCUT2D eigenvalue weighted by Gasteiger charge is -2.34. The van der Waals surface area contributed by atoms with E-state index in [4.69, 9.17) is 23.2 Å². The first-order valence-corrected chi connectivity index (χ1v) is 7.22. The predicted octanol–water partition coefficient (Wildman–Crippen LogP) is 2.91. The molecule has 0 saturated carbocycles. The van der Waals surface area contributed by atoms with Crippen molar-refractivity contribution in [2.45, 2.75) is 31.7 Å². The quantitative estimate of drug-likeness (QED) is 0.932. The number of benzene rings is 1. The smallest absolute Gasteiger partial charge is 0.227 e. The van der Waals surface area contributed by atoms with Gasteiger partial charge in [-0.1, -0.05) is 29.3 Å². The summed E-state index contributed by atoms with van der Waals surface area (Å²) in [6.07, 6.45) is 3.09. The highest BCUT2D eigenvalue weighted by molar-refractivity contribution is 6.36. The molecule has 1 unspecified atom stereocenters. The lowest BCUT2D eigenvalue weighted by Crippen LogP contribution is -2.46. The fraction of sp³-hybridized carbons (Fsp3) is 0.500. The van der Waals surface area contributed by atoms with Crippen LogP contribution in [0.15, 0.2) is 18.2 Å². The highest BCUT2D eigenvalue weighted by Gasteiger charge is 2.26. The maximum atomic E-state index is 12.3. The fourth-order valence-corrected chi connectivity index (χ4v) is 3.00. The molecule has 1 aliphatic rings. The van der Waals surface area contributed by atoms with Crippen molar-refractivity contribution in [3.63, 3.8) is 0 Å². The molecule has 1 amide bonds. The van der Waals surface area contributed by atoms with E-state index in [0.29, 0.717) is 22.2 Å². The van der Waals surface area contributed by atoms with Gasteiger partial charge in [-0.2, -0.15) is 0 Å². The van der Waals surface area contributed by atoms with E-state index in [9.17, 15) is 9.90 Å². The first-order valence-electron chi connectivity index (χ1n) is 6.46. The summed E-state index contributed by atoms with van der Waals surface area (Å²) in [6, 6.07) is 5.16. The summed E-state index contributed by atoms with van der Waals surface area (Å²) in [4.78, 5) is 14.1. The number of hydrogen-bond donors (Lipinski definition) is 1. The van der Waals surface area contributed by atoms with Gasteiger partial charge in [-0.25, -0.2) is 0 Å². The molecule has 3 nitrogen and oxygen atoms in total. The van der Waals surface area contributed by atoms with Crippen molar-refractivity contribution in [1.82, 2.24) is 4.90 Å². The third-order valence-corrected chi connectivity index (χ3v) is 4.26. The molecule has 0 radical (unpaired) electrons. The van der Waals surface area contributed by atoms with Crippen molar-refractivity contribution in [3.05, 3.63) is 33.8 Å². The predicted molar refractivity (Wildman–Crippen MR) is 76.6 cm³/mol. The first-order chi connectivity index (χ1) is 9.13. The van der Waals surface area contributed by atoms with Crippen LogP contribution in [0.3, 0.4) is 0 Å². The van der Waals surface area contributed by atoms with Crippen LogP contribution in [0.4, 0.5) is 0 Å². The number of halogens is 2. The maximum absolute atomic E-state index is 12.3. The van der Waals surface area contributed by atoms with Crippen molar-refractivity contribution < 1.29 is 9.90 Å². The summed E-state index contributed by atoms with van der Waals surface area (Å²) in [5.41, 5.74) is 0.665. The van der Waals surface area contributed by atoms with Crippen LogP contribution in [0.1, 0.15) is 24.8 Å². The van der Waals surface area contributed by atoms with Gasteiger partial charge in [0, 0.05) is 16.6 Å². The van der Waals surface area contributed by atoms with Gasteiger partial charge in [0.2, 0.25) is 5.91 Å². The minimum absolute atomic E-state index is 0.0159. The van der Waals surface area contributed by atoms with Gasteiger partial charge in [0.1, 0.15) is 0 Å². The van der Waals surface area contributed by atoms with Gasteiger partial charge in [0.05, 0.1) is 19.1 Å². The number of aliphatic hydroxyl groups is 1. The molecule has 1 aromatic carbocycles. The van der Waals surface area contributed by atoms with Crippen LogP contribution in [0, 0.1) is 0 Å². The van der Waals surface area contributed by atoms with Gasteiger partial charge in [-0.3, -0.25) is 4.79 Å². The Morgan fingerprint density at radius 1 is 1.32 bits per heavy atom. The van der Waals surface area contributed by atoms with E-state index >= 15 is 0 Å². The van der Waals surface area contributed by atoms with Gasteiger partial charge in [0.25, 0.3) is 0 Å². The monoisotopic (exact) mass is 301 g/mol.